The Morgan fingerprint density at radius 1 is 1.45 bits per heavy atom. The molecule has 1 N–H and O–H groups in total. The van der Waals surface area contributed by atoms with Crippen LogP contribution in [0.25, 0.3) is 0 Å². The number of aromatic carboxylic acids is 1. The van der Waals surface area contributed by atoms with E-state index in [1.165, 1.54) is 11.7 Å². The molecule has 20 heavy (non-hydrogen) atoms. The molecular weight excluding hydrogens is 266 g/mol. The summed E-state index contributed by atoms with van der Waals surface area (Å²) >= 11 is 0. The molecule has 1 heterocycles. The topological polar surface area (TPSA) is 107 Å². The summed E-state index contributed by atoms with van der Waals surface area (Å²) in [6.07, 6.45) is 1.14. The van der Waals surface area contributed by atoms with Crippen LogP contribution < -0.4 is 4.74 Å². The van der Waals surface area contributed by atoms with Crippen molar-refractivity contribution in [1.82, 2.24) is 9.55 Å². The number of hydrogen-bond acceptors (Lipinski definition) is 5. The number of benzene rings is 1. The lowest BCUT2D eigenvalue weighted by Gasteiger charge is -2.05. The molecule has 0 saturated heterocycles. The molecule has 0 bridgehead atoms. The number of nitro groups is 1. The van der Waals surface area contributed by atoms with Crippen LogP contribution in [-0.4, -0.2) is 32.7 Å². The van der Waals surface area contributed by atoms with Crippen molar-refractivity contribution in [2.75, 3.05) is 7.11 Å². The van der Waals surface area contributed by atoms with E-state index >= 15 is 0 Å². The first-order valence-corrected chi connectivity index (χ1v) is 5.58. The second kappa shape index (κ2) is 5.39. The summed E-state index contributed by atoms with van der Waals surface area (Å²) < 4.78 is 6.24. The minimum Gasteiger partial charge on any atom is -0.497 e. The van der Waals surface area contributed by atoms with Gasteiger partial charge in [0.05, 0.1) is 13.7 Å². The standard InChI is InChI=1S/C12H11N3O5/c1-20-9-4-2-8(3-5-9)6-14-7-13-11(15(18)19)10(14)12(16)17/h2-5,7H,6H2,1H3,(H,16,17). The van der Waals surface area contributed by atoms with E-state index in [4.69, 9.17) is 9.84 Å². The molecule has 0 radical (unpaired) electrons. The molecule has 0 unspecified atom stereocenters. The molecule has 0 fully saturated rings. The Bertz CT molecular complexity index is 648. The summed E-state index contributed by atoms with van der Waals surface area (Å²) in [5.74, 6) is -1.38. The number of carboxylic acid groups (broad SMARTS) is 1. The number of carboxylic acids is 1. The van der Waals surface area contributed by atoms with Crippen LogP contribution in [-0.2, 0) is 6.54 Å². The first kappa shape index (κ1) is 13.5. The maximum Gasteiger partial charge on any atom is 0.396 e. The zero-order valence-corrected chi connectivity index (χ0v) is 10.5. The van der Waals surface area contributed by atoms with Crippen molar-refractivity contribution in [3.8, 4) is 5.75 Å². The highest BCUT2D eigenvalue weighted by Gasteiger charge is 2.27. The fourth-order valence-corrected chi connectivity index (χ4v) is 1.77. The smallest absolute Gasteiger partial charge is 0.396 e. The normalized spacial score (nSPS) is 10.2. The van der Waals surface area contributed by atoms with Crippen LogP contribution >= 0.6 is 0 Å². The Morgan fingerprint density at radius 2 is 2.10 bits per heavy atom. The van der Waals surface area contributed by atoms with Gasteiger partial charge in [0.1, 0.15) is 5.75 Å². The van der Waals surface area contributed by atoms with Crippen LogP contribution in [0.2, 0.25) is 0 Å². The van der Waals surface area contributed by atoms with Crippen LogP contribution in [0, 0.1) is 10.1 Å². The fraction of sp³-hybridized carbons (Fsp3) is 0.167. The molecule has 0 spiro atoms. The number of imidazole rings is 1. The van der Waals surface area contributed by atoms with Gasteiger partial charge in [0.25, 0.3) is 0 Å². The van der Waals surface area contributed by atoms with Crippen molar-refractivity contribution in [3.63, 3.8) is 0 Å². The first-order valence-electron chi connectivity index (χ1n) is 5.58. The second-order valence-electron chi connectivity index (χ2n) is 3.96. The third kappa shape index (κ3) is 2.58. The highest BCUT2D eigenvalue weighted by molar-refractivity contribution is 5.89. The van der Waals surface area contributed by atoms with Crippen LogP contribution in [0.15, 0.2) is 30.6 Å². The van der Waals surface area contributed by atoms with E-state index in [0.717, 1.165) is 11.9 Å². The van der Waals surface area contributed by atoms with Crippen molar-refractivity contribution >= 4 is 11.8 Å². The molecule has 0 aliphatic heterocycles. The van der Waals surface area contributed by atoms with Crippen molar-refractivity contribution in [1.29, 1.82) is 0 Å². The zero-order valence-electron chi connectivity index (χ0n) is 10.5. The SMILES string of the molecule is COc1ccc(Cn2cnc([N+](=O)[O-])c2C(=O)O)cc1. The number of aromatic nitrogens is 2. The maximum atomic E-state index is 11.1. The Hall–Kier alpha value is -2.90. The molecule has 0 atom stereocenters. The predicted octanol–water partition coefficient (Wildman–Crippen LogP) is 1.55. The predicted molar refractivity (Wildman–Crippen MR) is 67.9 cm³/mol. The van der Waals surface area contributed by atoms with Gasteiger partial charge < -0.3 is 20.0 Å². The lowest BCUT2D eigenvalue weighted by Crippen LogP contribution is -2.10. The fourth-order valence-electron chi connectivity index (χ4n) is 1.77. The van der Waals surface area contributed by atoms with Gasteiger partial charge in [-0.1, -0.05) is 12.1 Å². The number of methoxy groups -OCH3 is 1. The van der Waals surface area contributed by atoms with Gasteiger partial charge in [0, 0.05) is 0 Å². The lowest BCUT2D eigenvalue weighted by atomic mass is 10.2. The third-order valence-corrected chi connectivity index (χ3v) is 2.71. The summed E-state index contributed by atoms with van der Waals surface area (Å²) in [6.45, 7) is 0.173. The van der Waals surface area contributed by atoms with Gasteiger partial charge in [0.2, 0.25) is 12.0 Å². The summed E-state index contributed by atoms with van der Waals surface area (Å²) in [6, 6.07) is 6.94. The van der Waals surface area contributed by atoms with Crippen molar-refractivity contribution in [2.24, 2.45) is 0 Å². The lowest BCUT2D eigenvalue weighted by molar-refractivity contribution is -0.389. The Labute approximate surface area is 113 Å². The van der Waals surface area contributed by atoms with Crippen LogP contribution in [0.3, 0.4) is 0 Å². The van der Waals surface area contributed by atoms with E-state index in [2.05, 4.69) is 4.98 Å². The van der Waals surface area contributed by atoms with E-state index in [9.17, 15) is 14.9 Å². The van der Waals surface area contributed by atoms with Crippen molar-refractivity contribution < 1.29 is 19.6 Å². The van der Waals surface area contributed by atoms with Crippen molar-refractivity contribution in [3.05, 3.63) is 52.0 Å². The first-order chi connectivity index (χ1) is 9.52. The Balaban J connectivity index is 2.33. The Morgan fingerprint density at radius 3 is 2.60 bits per heavy atom. The summed E-state index contributed by atoms with van der Waals surface area (Å²) in [7, 11) is 1.54. The highest BCUT2D eigenvalue weighted by atomic mass is 16.6. The van der Waals surface area contributed by atoms with E-state index in [1.54, 1.807) is 24.3 Å². The van der Waals surface area contributed by atoms with E-state index < -0.39 is 22.4 Å². The molecule has 2 rings (SSSR count). The zero-order chi connectivity index (χ0) is 14.7. The van der Waals surface area contributed by atoms with Crippen LogP contribution in [0.1, 0.15) is 16.1 Å². The number of ether oxygens (including phenoxy) is 1. The summed E-state index contributed by atoms with van der Waals surface area (Å²) in [5, 5.41) is 19.8. The molecule has 104 valence electrons. The molecule has 8 nitrogen and oxygen atoms in total. The van der Waals surface area contributed by atoms with Crippen LogP contribution in [0.5, 0.6) is 5.75 Å². The van der Waals surface area contributed by atoms with E-state index in [1.807, 2.05) is 0 Å². The summed E-state index contributed by atoms with van der Waals surface area (Å²) in [5.41, 5.74) is 0.339. The average Bonchev–Trinajstić information content (AvgIpc) is 2.83. The van der Waals surface area contributed by atoms with Gasteiger partial charge in [-0.05, 0) is 27.6 Å². The highest BCUT2D eigenvalue weighted by Crippen LogP contribution is 2.18. The van der Waals surface area contributed by atoms with Gasteiger partial charge in [-0.2, -0.15) is 0 Å². The molecule has 0 saturated carbocycles. The summed E-state index contributed by atoms with van der Waals surface area (Å²) in [4.78, 5) is 24.6. The second-order valence-corrected chi connectivity index (χ2v) is 3.96. The van der Waals surface area contributed by atoms with Gasteiger partial charge in [-0.3, -0.25) is 4.57 Å². The van der Waals surface area contributed by atoms with Crippen LogP contribution in [0.4, 0.5) is 5.82 Å². The minimum absolute atomic E-state index is 0.173. The molecule has 2 aromatic rings. The molecule has 0 aliphatic carbocycles. The monoisotopic (exact) mass is 277 g/mol. The van der Waals surface area contributed by atoms with Gasteiger partial charge >= 0.3 is 11.8 Å². The Kier molecular flexibility index (Phi) is 3.65. The van der Waals surface area contributed by atoms with Gasteiger partial charge in [0.15, 0.2) is 0 Å². The molecule has 1 aromatic carbocycles. The quantitative estimate of drug-likeness (QED) is 0.656. The maximum absolute atomic E-state index is 11.1. The molecule has 0 aliphatic rings. The van der Waals surface area contributed by atoms with E-state index in [-0.39, 0.29) is 6.54 Å². The van der Waals surface area contributed by atoms with Gasteiger partial charge in [-0.15, -0.1) is 0 Å². The number of rotatable bonds is 5. The molecule has 8 heteroatoms. The average molecular weight is 277 g/mol. The number of nitrogens with zero attached hydrogens (tertiary/aromatic N) is 3. The number of hydrogen-bond donors (Lipinski definition) is 1. The molecular formula is C12H11N3O5. The largest absolute Gasteiger partial charge is 0.497 e. The third-order valence-electron chi connectivity index (χ3n) is 2.71. The number of carbonyl (C=O) groups is 1. The minimum atomic E-state index is -1.39. The van der Waals surface area contributed by atoms with Gasteiger partial charge in [-0.25, -0.2) is 4.79 Å². The van der Waals surface area contributed by atoms with E-state index in [0.29, 0.717) is 5.75 Å². The van der Waals surface area contributed by atoms with Crippen molar-refractivity contribution in [2.45, 2.75) is 6.54 Å². The molecule has 0 amide bonds. The molecule has 1 aromatic heterocycles.